The van der Waals surface area contributed by atoms with E-state index in [2.05, 4.69) is 21.4 Å². The third-order valence-electron chi connectivity index (χ3n) is 2.88. The van der Waals surface area contributed by atoms with Crippen molar-refractivity contribution in [1.82, 2.24) is 5.43 Å². The first-order valence-electron chi connectivity index (χ1n) is 5.77. The third kappa shape index (κ3) is 3.60. The van der Waals surface area contributed by atoms with Crippen LogP contribution in [0.5, 0.6) is 0 Å². The highest BCUT2D eigenvalue weighted by atomic mass is 79.9. The smallest absolute Gasteiger partial charge is 0.271 e. The van der Waals surface area contributed by atoms with Crippen LogP contribution in [0.15, 0.2) is 40.2 Å². The molecule has 0 spiro atoms. The van der Waals surface area contributed by atoms with E-state index in [0.29, 0.717) is 12.0 Å². The minimum absolute atomic E-state index is 0.0284. The Hall–Kier alpha value is -0.890. The van der Waals surface area contributed by atoms with E-state index in [9.17, 15) is 13.2 Å². The first kappa shape index (κ1) is 15.5. The Morgan fingerprint density at radius 3 is 2.60 bits per heavy atom. The summed E-state index contributed by atoms with van der Waals surface area (Å²) >= 11 is 4.48. The molecule has 2 rings (SSSR count). The largest absolute Gasteiger partial charge is 0.417 e. The van der Waals surface area contributed by atoms with E-state index in [4.69, 9.17) is 5.84 Å². The average Bonchev–Trinajstić information content (AvgIpc) is 2.88. The van der Waals surface area contributed by atoms with Crippen molar-refractivity contribution >= 4 is 27.3 Å². The fourth-order valence-electron chi connectivity index (χ4n) is 1.88. The number of hydrazine groups is 1. The van der Waals surface area contributed by atoms with Gasteiger partial charge in [-0.3, -0.25) is 11.3 Å². The molecule has 7 heteroatoms. The molecule has 1 aromatic carbocycles. The summed E-state index contributed by atoms with van der Waals surface area (Å²) in [4.78, 5) is 1.06. The van der Waals surface area contributed by atoms with E-state index in [-0.39, 0.29) is 10.5 Å². The van der Waals surface area contributed by atoms with Gasteiger partial charge in [0.25, 0.3) is 0 Å². The zero-order valence-corrected chi connectivity index (χ0v) is 12.6. The first-order valence-corrected chi connectivity index (χ1v) is 7.44. The maximum atomic E-state index is 12.9. The summed E-state index contributed by atoms with van der Waals surface area (Å²) in [5, 5.41) is 1.92. The highest BCUT2D eigenvalue weighted by Crippen LogP contribution is 2.36. The van der Waals surface area contributed by atoms with Gasteiger partial charge in [-0.05, 0) is 29.1 Å². The highest BCUT2D eigenvalue weighted by molar-refractivity contribution is 9.10. The van der Waals surface area contributed by atoms with E-state index >= 15 is 0 Å². The van der Waals surface area contributed by atoms with E-state index in [1.165, 1.54) is 6.07 Å². The van der Waals surface area contributed by atoms with Crippen LogP contribution in [0.25, 0.3) is 0 Å². The van der Waals surface area contributed by atoms with Crippen LogP contribution < -0.4 is 11.3 Å². The predicted molar refractivity (Wildman–Crippen MR) is 77.2 cm³/mol. The van der Waals surface area contributed by atoms with Crippen molar-refractivity contribution in [2.75, 3.05) is 0 Å². The maximum Gasteiger partial charge on any atom is 0.417 e. The van der Waals surface area contributed by atoms with Crippen molar-refractivity contribution in [3.8, 4) is 0 Å². The zero-order valence-electron chi connectivity index (χ0n) is 10.2. The molecule has 0 bridgehead atoms. The molecule has 0 saturated carbocycles. The second-order valence-corrected chi connectivity index (χ2v) is 6.13. The number of alkyl halides is 3. The van der Waals surface area contributed by atoms with Crippen LogP contribution in [0.2, 0.25) is 0 Å². The molecule has 0 aliphatic rings. The van der Waals surface area contributed by atoms with Crippen LogP contribution in [0.1, 0.15) is 22.0 Å². The fraction of sp³-hybridized carbons (Fsp3) is 0.231. The summed E-state index contributed by atoms with van der Waals surface area (Å²) in [6.07, 6.45) is -3.84. The lowest BCUT2D eigenvalue weighted by Crippen LogP contribution is -2.29. The summed E-state index contributed by atoms with van der Waals surface area (Å²) in [5.74, 6) is 5.48. The Balaban J connectivity index is 2.30. The van der Waals surface area contributed by atoms with E-state index in [0.717, 1.165) is 10.9 Å². The number of halogens is 4. The van der Waals surface area contributed by atoms with Gasteiger partial charge in [0, 0.05) is 15.8 Å². The SMILES string of the molecule is NNC(Cc1cccs1)c1ccc(Br)c(C(F)(F)F)c1. The molecular weight excluding hydrogens is 353 g/mol. The van der Waals surface area contributed by atoms with Gasteiger partial charge in [0.1, 0.15) is 0 Å². The minimum Gasteiger partial charge on any atom is -0.271 e. The quantitative estimate of drug-likeness (QED) is 0.627. The number of thiophene rings is 1. The highest BCUT2D eigenvalue weighted by Gasteiger charge is 2.33. The summed E-state index contributed by atoms with van der Waals surface area (Å²) in [6, 6.07) is 7.63. The fourth-order valence-corrected chi connectivity index (χ4v) is 3.10. The van der Waals surface area contributed by atoms with Crippen LogP contribution in [0.3, 0.4) is 0 Å². The molecule has 108 valence electrons. The van der Waals surface area contributed by atoms with Crippen molar-refractivity contribution in [2.45, 2.75) is 18.6 Å². The molecule has 0 fully saturated rings. The van der Waals surface area contributed by atoms with E-state index in [1.54, 1.807) is 17.4 Å². The zero-order chi connectivity index (χ0) is 14.8. The molecule has 1 atom stereocenters. The first-order chi connectivity index (χ1) is 9.41. The summed E-state index contributed by atoms with van der Waals surface area (Å²) < 4.78 is 38.7. The monoisotopic (exact) mass is 364 g/mol. The average molecular weight is 365 g/mol. The van der Waals surface area contributed by atoms with Crippen LogP contribution in [0, 0.1) is 0 Å². The normalized spacial score (nSPS) is 13.4. The van der Waals surface area contributed by atoms with Gasteiger partial charge in [-0.1, -0.05) is 28.1 Å². The molecule has 1 heterocycles. The maximum absolute atomic E-state index is 12.9. The van der Waals surface area contributed by atoms with Gasteiger partial charge in [-0.2, -0.15) is 13.2 Å². The molecule has 20 heavy (non-hydrogen) atoms. The van der Waals surface area contributed by atoms with Gasteiger partial charge < -0.3 is 0 Å². The van der Waals surface area contributed by atoms with Crippen molar-refractivity contribution in [3.05, 3.63) is 56.2 Å². The molecule has 1 unspecified atom stereocenters. The molecular formula is C13H12BrF3N2S. The Kier molecular flexibility index (Phi) is 4.85. The van der Waals surface area contributed by atoms with Crippen molar-refractivity contribution < 1.29 is 13.2 Å². The molecule has 3 N–H and O–H groups in total. The van der Waals surface area contributed by atoms with Gasteiger partial charge in [-0.15, -0.1) is 11.3 Å². The third-order valence-corrected chi connectivity index (χ3v) is 4.47. The Labute approximate surface area is 126 Å². The molecule has 0 radical (unpaired) electrons. The molecule has 2 aromatic rings. The minimum atomic E-state index is -4.39. The standard InChI is InChI=1S/C13H12BrF3N2S/c14-11-4-3-8(6-10(11)13(15,16)17)12(19-18)7-9-2-1-5-20-9/h1-6,12,19H,7,18H2. The predicted octanol–water partition coefficient (Wildman–Crippen LogP) is 4.28. The van der Waals surface area contributed by atoms with Gasteiger partial charge in [0.05, 0.1) is 11.6 Å². The Morgan fingerprint density at radius 1 is 1.30 bits per heavy atom. The number of hydrogen-bond acceptors (Lipinski definition) is 3. The lowest BCUT2D eigenvalue weighted by atomic mass is 10.0. The number of rotatable bonds is 4. The van der Waals surface area contributed by atoms with Gasteiger partial charge in [-0.25, -0.2) is 0 Å². The lowest BCUT2D eigenvalue weighted by Gasteiger charge is -2.18. The second kappa shape index (κ2) is 6.26. The molecule has 0 amide bonds. The van der Waals surface area contributed by atoms with Crippen LogP contribution >= 0.6 is 27.3 Å². The van der Waals surface area contributed by atoms with E-state index < -0.39 is 11.7 Å². The van der Waals surface area contributed by atoms with Crippen molar-refractivity contribution in [1.29, 1.82) is 0 Å². The van der Waals surface area contributed by atoms with Gasteiger partial charge in [0.2, 0.25) is 0 Å². The molecule has 1 aromatic heterocycles. The topological polar surface area (TPSA) is 38.0 Å². The van der Waals surface area contributed by atoms with Gasteiger partial charge in [0.15, 0.2) is 0 Å². The van der Waals surface area contributed by atoms with Crippen molar-refractivity contribution in [2.24, 2.45) is 5.84 Å². The Morgan fingerprint density at radius 2 is 2.05 bits per heavy atom. The summed E-state index contributed by atoms with van der Waals surface area (Å²) in [5.41, 5.74) is 2.40. The van der Waals surface area contributed by atoms with Crippen LogP contribution in [0.4, 0.5) is 13.2 Å². The van der Waals surface area contributed by atoms with Crippen molar-refractivity contribution in [3.63, 3.8) is 0 Å². The number of hydrogen-bond donors (Lipinski definition) is 2. The number of benzene rings is 1. The number of nitrogens with two attached hydrogens (primary N) is 1. The van der Waals surface area contributed by atoms with Gasteiger partial charge >= 0.3 is 6.18 Å². The van der Waals surface area contributed by atoms with E-state index in [1.807, 2.05) is 17.5 Å². The summed E-state index contributed by atoms with van der Waals surface area (Å²) in [6.45, 7) is 0. The molecule has 0 aliphatic heterocycles. The summed E-state index contributed by atoms with van der Waals surface area (Å²) in [7, 11) is 0. The van der Waals surface area contributed by atoms with Crippen LogP contribution in [-0.2, 0) is 12.6 Å². The molecule has 0 saturated heterocycles. The molecule has 2 nitrogen and oxygen atoms in total. The molecule has 0 aliphatic carbocycles. The Bertz CT molecular complexity index is 569. The van der Waals surface area contributed by atoms with Crippen LogP contribution in [-0.4, -0.2) is 0 Å². The second-order valence-electron chi connectivity index (χ2n) is 4.24. The number of nitrogens with one attached hydrogen (secondary N) is 1. The lowest BCUT2D eigenvalue weighted by molar-refractivity contribution is -0.138.